The Bertz CT molecular complexity index is 899. The lowest BCUT2D eigenvalue weighted by atomic mass is 10.1. The van der Waals surface area contributed by atoms with Gasteiger partial charge in [-0.25, -0.2) is 4.98 Å². The zero-order chi connectivity index (χ0) is 17.2. The quantitative estimate of drug-likeness (QED) is 0.735. The summed E-state index contributed by atoms with van der Waals surface area (Å²) in [6.07, 6.45) is 2.41. The minimum Gasteiger partial charge on any atom is -0.370 e. The van der Waals surface area contributed by atoms with Gasteiger partial charge in [-0.2, -0.15) is 0 Å². The minimum atomic E-state index is -0.0689. The average Bonchev–Trinajstić information content (AvgIpc) is 3.25. The van der Waals surface area contributed by atoms with Crippen LogP contribution in [-0.2, 0) is 16.0 Å². The molecule has 1 atom stereocenters. The second-order valence-electron chi connectivity index (χ2n) is 6.21. The number of hydrogen-bond donors (Lipinski definition) is 2. The number of amides is 1. The molecule has 3 aromatic rings. The van der Waals surface area contributed by atoms with E-state index in [1.165, 1.54) is 0 Å². The average molecular weight is 356 g/mol. The van der Waals surface area contributed by atoms with Gasteiger partial charge < -0.3 is 15.0 Å². The number of carbonyl (C=O) groups excluding carboxylic acids is 1. The van der Waals surface area contributed by atoms with E-state index in [4.69, 9.17) is 16.3 Å². The fourth-order valence-electron chi connectivity index (χ4n) is 3.05. The number of rotatable bonds is 4. The molecule has 0 radical (unpaired) electrons. The van der Waals surface area contributed by atoms with Gasteiger partial charge in [-0.05, 0) is 48.7 Å². The zero-order valence-electron chi connectivity index (χ0n) is 13.6. The van der Waals surface area contributed by atoms with Crippen molar-refractivity contribution in [1.29, 1.82) is 0 Å². The van der Waals surface area contributed by atoms with Crippen molar-refractivity contribution >= 4 is 34.2 Å². The Morgan fingerprint density at radius 3 is 2.88 bits per heavy atom. The van der Waals surface area contributed by atoms with Crippen LogP contribution in [0.5, 0.6) is 0 Å². The Balaban J connectivity index is 1.47. The molecule has 1 aliphatic rings. The summed E-state index contributed by atoms with van der Waals surface area (Å²) in [6.45, 7) is 0.785. The Hall–Kier alpha value is -2.37. The maximum Gasteiger partial charge on any atom is 0.228 e. The number of carbonyl (C=O) groups is 1. The van der Waals surface area contributed by atoms with Crippen LogP contribution in [0.3, 0.4) is 0 Å². The molecule has 25 heavy (non-hydrogen) atoms. The van der Waals surface area contributed by atoms with Crippen molar-refractivity contribution in [1.82, 2.24) is 9.97 Å². The summed E-state index contributed by atoms with van der Waals surface area (Å²) in [4.78, 5) is 20.1. The van der Waals surface area contributed by atoms with Crippen LogP contribution in [0.15, 0.2) is 42.5 Å². The number of anilines is 1. The zero-order valence-corrected chi connectivity index (χ0v) is 14.3. The van der Waals surface area contributed by atoms with Gasteiger partial charge in [-0.1, -0.05) is 23.7 Å². The highest BCUT2D eigenvalue weighted by Crippen LogP contribution is 2.28. The van der Waals surface area contributed by atoms with Crippen molar-refractivity contribution in [2.45, 2.75) is 25.4 Å². The van der Waals surface area contributed by atoms with Crippen molar-refractivity contribution in [3.8, 4) is 0 Å². The molecule has 1 saturated heterocycles. The lowest BCUT2D eigenvalue weighted by Crippen LogP contribution is -2.14. The summed E-state index contributed by atoms with van der Waals surface area (Å²) < 4.78 is 5.67. The van der Waals surface area contributed by atoms with Gasteiger partial charge in [0.05, 0.1) is 17.5 Å². The highest BCUT2D eigenvalue weighted by atomic mass is 35.5. The number of aromatic nitrogens is 2. The van der Waals surface area contributed by atoms with E-state index in [1.54, 1.807) is 12.1 Å². The van der Waals surface area contributed by atoms with Gasteiger partial charge in [0.25, 0.3) is 0 Å². The van der Waals surface area contributed by atoms with Crippen molar-refractivity contribution in [3.63, 3.8) is 0 Å². The summed E-state index contributed by atoms with van der Waals surface area (Å²) in [5, 5.41) is 3.59. The smallest absolute Gasteiger partial charge is 0.228 e. The van der Waals surface area contributed by atoms with Crippen molar-refractivity contribution < 1.29 is 9.53 Å². The van der Waals surface area contributed by atoms with E-state index in [9.17, 15) is 4.79 Å². The van der Waals surface area contributed by atoms with E-state index in [0.29, 0.717) is 11.4 Å². The number of benzene rings is 2. The van der Waals surface area contributed by atoms with Crippen LogP contribution in [0.25, 0.3) is 11.0 Å². The number of hydrogen-bond acceptors (Lipinski definition) is 3. The molecule has 2 N–H and O–H groups in total. The van der Waals surface area contributed by atoms with E-state index in [1.807, 2.05) is 30.3 Å². The van der Waals surface area contributed by atoms with Crippen molar-refractivity contribution in [3.05, 3.63) is 58.9 Å². The van der Waals surface area contributed by atoms with Crippen LogP contribution in [0.4, 0.5) is 5.69 Å². The van der Waals surface area contributed by atoms with Crippen LogP contribution in [0.1, 0.15) is 30.3 Å². The molecule has 2 aromatic carbocycles. The standard InChI is InChI=1S/C19H18ClN3O2/c20-13-5-3-12(4-6-13)10-18(24)21-14-7-8-15-16(11-14)23-19(22-15)17-2-1-9-25-17/h3-8,11,17H,1-2,9-10H2,(H,21,24)(H,22,23). The Labute approximate surface area is 150 Å². The number of fused-ring (bicyclic) bond motifs is 1. The first-order valence-electron chi connectivity index (χ1n) is 8.33. The Morgan fingerprint density at radius 1 is 1.28 bits per heavy atom. The van der Waals surface area contributed by atoms with Crippen LogP contribution in [0.2, 0.25) is 5.02 Å². The molecule has 0 saturated carbocycles. The number of H-pyrrole nitrogens is 1. The molecule has 6 heteroatoms. The largest absolute Gasteiger partial charge is 0.370 e. The molecular weight excluding hydrogens is 338 g/mol. The first kappa shape index (κ1) is 16.1. The highest BCUT2D eigenvalue weighted by molar-refractivity contribution is 6.30. The van der Waals surface area contributed by atoms with E-state index in [-0.39, 0.29) is 12.0 Å². The molecule has 1 aliphatic heterocycles. The number of ether oxygens (including phenoxy) is 1. The minimum absolute atomic E-state index is 0.0512. The van der Waals surface area contributed by atoms with Gasteiger partial charge in [0.2, 0.25) is 5.91 Å². The molecule has 0 aliphatic carbocycles. The molecule has 4 rings (SSSR count). The van der Waals surface area contributed by atoms with Gasteiger partial charge in [-0.3, -0.25) is 4.79 Å². The number of aromatic amines is 1. The monoisotopic (exact) mass is 355 g/mol. The topological polar surface area (TPSA) is 67.0 Å². The summed E-state index contributed by atoms with van der Waals surface area (Å²) in [7, 11) is 0. The third-order valence-corrected chi connectivity index (χ3v) is 4.55. The SMILES string of the molecule is O=C(Cc1ccc(Cl)cc1)Nc1ccc2nc(C3CCCO3)[nH]c2c1. The van der Waals surface area contributed by atoms with E-state index in [2.05, 4.69) is 15.3 Å². The first-order chi connectivity index (χ1) is 12.2. The molecular formula is C19H18ClN3O2. The van der Waals surface area contributed by atoms with Gasteiger partial charge >= 0.3 is 0 Å². The number of nitrogens with one attached hydrogen (secondary N) is 2. The number of halogens is 1. The predicted octanol–water partition coefficient (Wildman–Crippen LogP) is 4.25. The third-order valence-electron chi connectivity index (χ3n) is 4.30. The Morgan fingerprint density at radius 2 is 2.12 bits per heavy atom. The maximum atomic E-state index is 12.2. The lowest BCUT2D eigenvalue weighted by Gasteiger charge is -2.05. The summed E-state index contributed by atoms with van der Waals surface area (Å²) in [6, 6.07) is 13.0. The van der Waals surface area contributed by atoms with Gasteiger partial charge in [0.15, 0.2) is 0 Å². The summed E-state index contributed by atoms with van der Waals surface area (Å²) in [5.74, 6) is 0.790. The molecule has 1 unspecified atom stereocenters. The molecule has 2 heterocycles. The van der Waals surface area contributed by atoms with Crippen LogP contribution in [-0.4, -0.2) is 22.5 Å². The van der Waals surface area contributed by atoms with Gasteiger partial charge in [0, 0.05) is 17.3 Å². The van der Waals surface area contributed by atoms with Crippen LogP contribution >= 0.6 is 11.6 Å². The van der Waals surface area contributed by atoms with E-state index in [0.717, 1.165) is 47.6 Å². The van der Waals surface area contributed by atoms with Gasteiger partial charge in [0.1, 0.15) is 11.9 Å². The molecule has 1 fully saturated rings. The fourth-order valence-corrected chi connectivity index (χ4v) is 3.17. The maximum absolute atomic E-state index is 12.2. The molecule has 5 nitrogen and oxygen atoms in total. The number of imidazole rings is 1. The first-order valence-corrected chi connectivity index (χ1v) is 8.71. The molecule has 1 amide bonds. The molecule has 0 bridgehead atoms. The van der Waals surface area contributed by atoms with Crippen LogP contribution < -0.4 is 5.32 Å². The molecule has 128 valence electrons. The third kappa shape index (κ3) is 3.67. The normalized spacial score (nSPS) is 17.1. The number of nitrogens with zero attached hydrogens (tertiary/aromatic N) is 1. The Kier molecular flexibility index (Phi) is 4.42. The van der Waals surface area contributed by atoms with E-state index >= 15 is 0 Å². The van der Waals surface area contributed by atoms with Gasteiger partial charge in [-0.15, -0.1) is 0 Å². The van der Waals surface area contributed by atoms with Crippen molar-refractivity contribution in [2.24, 2.45) is 0 Å². The predicted molar refractivity (Wildman–Crippen MR) is 97.8 cm³/mol. The lowest BCUT2D eigenvalue weighted by molar-refractivity contribution is -0.115. The van der Waals surface area contributed by atoms with Crippen molar-refractivity contribution in [2.75, 3.05) is 11.9 Å². The highest BCUT2D eigenvalue weighted by Gasteiger charge is 2.21. The summed E-state index contributed by atoms with van der Waals surface area (Å²) >= 11 is 5.86. The molecule has 1 aromatic heterocycles. The van der Waals surface area contributed by atoms with E-state index < -0.39 is 0 Å². The second kappa shape index (κ2) is 6.86. The fraction of sp³-hybridized carbons (Fsp3) is 0.263. The summed E-state index contributed by atoms with van der Waals surface area (Å²) in [5.41, 5.74) is 3.44. The van der Waals surface area contributed by atoms with Crippen LogP contribution in [0, 0.1) is 0 Å². The molecule has 0 spiro atoms. The second-order valence-corrected chi connectivity index (χ2v) is 6.64.